The van der Waals surface area contributed by atoms with Crippen molar-refractivity contribution in [3.05, 3.63) is 12.7 Å². The molecule has 1 aliphatic heterocycles. The lowest BCUT2D eigenvalue weighted by atomic mass is 9.97. The van der Waals surface area contributed by atoms with E-state index in [1.54, 1.807) is 0 Å². The Balaban J connectivity index is 2.46. The van der Waals surface area contributed by atoms with E-state index in [2.05, 4.69) is 11.9 Å². The number of nitrogens with one attached hydrogen (secondary N) is 1. The molecule has 4 N–H and O–H groups in total. The minimum atomic E-state index is -1.28. The third-order valence-electron chi connectivity index (χ3n) is 3.84. The zero-order valence-electron chi connectivity index (χ0n) is 13.7. The lowest BCUT2D eigenvalue weighted by molar-refractivity contribution is -0.270. The van der Waals surface area contributed by atoms with Crippen LogP contribution in [0.3, 0.4) is 0 Å². The van der Waals surface area contributed by atoms with Crippen LogP contribution in [0.1, 0.15) is 39.0 Å². The summed E-state index contributed by atoms with van der Waals surface area (Å²) >= 11 is 0. The molecule has 0 aromatic rings. The zero-order chi connectivity index (χ0) is 17.2. The number of hydrogen-bond acceptors (Lipinski definition) is 6. The van der Waals surface area contributed by atoms with Crippen LogP contribution >= 0.6 is 0 Å². The fourth-order valence-corrected chi connectivity index (χ4v) is 2.56. The van der Waals surface area contributed by atoms with Crippen molar-refractivity contribution in [1.82, 2.24) is 5.32 Å². The van der Waals surface area contributed by atoms with Crippen LogP contribution in [0.4, 0.5) is 0 Å². The molecule has 5 atom stereocenters. The van der Waals surface area contributed by atoms with Crippen LogP contribution in [0, 0.1) is 0 Å². The van der Waals surface area contributed by atoms with Gasteiger partial charge in [0.05, 0.1) is 6.61 Å². The number of allylic oxidation sites excluding steroid dienone is 1. The topological polar surface area (TPSA) is 108 Å². The van der Waals surface area contributed by atoms with Gasteiger partial charge in [0, 0.05) is 13.5 Å². The Morgan fingerprint density at radius 2 is 1.96 bits per heavy atom. The fraction of sp³-hybridized carbons (Fsp3) is 0.812. The molecule has 2 unspecified atom stereocenters. The average molecular weight is 331 g/mol. The molecule has 7 nitrogen and oxygen atoms in total. The average Bonchev–Trinajstić information content (AvgIpc) is 2.52. The molecule has 1 fully saturated rings. The van der Waals surface area contributed by atoms with Gasteiger partial charge in [-0.1, -0.05) is 18.9 Å². The first-order valence-electron chi connectivity index (χ1n) is 8.13. The molecule has 1 aliphatic rings. The number of ether oxygens (including phenoxy) is 2. The Bertz CT molecular complexity index is 364. The van der Waals surface area contributed by atoms with Gasteiger partial charge < -0.3 is 30.1 Å². The molecule has 1 rings (SSSR count). The quantitative estimate of drug-likeness (QED) is 0.334. The Kier molecular flexibility index (Phi) is 9.35. The van der Waals surface area contributed by atoms with E-state index in [1.165, 1.54) is 6.92 Å². The van der Waals surface area contributed by atoms with Crippen molar-refractivity contribution in [2.24, 2.45) is 0 Å². The van der Waals surface area contributed by atoms with Crippen molar-refractivity contribution >= 4 is 5.91 Å². The molecule has 23 heavy (non-hydrogen) atoms. The largest absolute Gasteiger partial charge is 0.394 e. The van der Waals surface area contributed by atoms with Crippen molar-refractivity contribution in [3.8, 4) is 0 Å². The number of amides is 1. The summed E-state index contributed by atoms with van der Waals surface area (Å²) in [6, 6.07) is -0.869. The standard InChI is InChI=1S/C16H29NO6/c1-3-4-5-6-7-8-9-22-16-13(17-11(2)19)15(21)14(20)12(10-18)23-16/h3,12-16,18,20-21H,1,4-10H2,2H3,(H,17,19)/t12?,13?,14-,15+,16+/m0/s1. The lowest BCUT2D eigenvalue weighted by Gasteiger charge is -2.42. The molecule has 0 spiro atoms. The molecule has 7 heteroatoms. The van der Waals surface area contributed by atoms with Crippen LogP contribution in [0.25, 0.3) is 0 Å². The minimum absolute atomic E-state index is 0.356. The summed E-state index contributed by atoms with van der Waals surface area (Å²) in [6.07, 6.45) is 2.51. The van der Waals surface area contributed by atoms with E-state index in [-0.39, 0.29) is 5.91 Å². The molecule has 1 amide bonds. The number of rotatable bonds is 10. The Morgan fingerprint density at radius 1 is 1.26 bits per heavy atom. The van der Waals surface area contributed by atoms with Gasteiger partial charge in [-0.3, -0.25) is 4.79 Å². The fourth-order valence-electron chi connectivity index (χ4n) is 2.56. The molecular weight excluding hydrogens is 302 g/mol. The molecule has 0 aromatic heterocycles. The van der Waals surface area contributed by atoms with Gasteiger partial charge in [-0.05, 0) is 19.3 Å². The molecule has 0 saturated carbocycles. The van der Waals surface area contributed by atoms with Gasteiger partial charge in [-0.15, -0.1) is 6.58 Å². The maximum atomic E-state index is 11.3. The number of carbonyl (C=O) groups is 1. The smallest absolute Gasteiger partial charge is 0.217 e. The van der Waals surface area contributed by atoms with Crippen molar-refractivity contribution in [2.45, 2.75) is 69.7 Å². The summed E-state index contributed by atoms with van der Waals surface area (Å²) in [4.78, 5) is 11.3. The van der Waals surface area contributed by atoms with Crippen LogP contribution in [0.15, 0.2) is 12.7 Å². The highest BCUT2D eigenvalue weighted by atomic mass is 16.7. The van der Waals surface area contributed by atoms with E-state index < -0.39 is 37.3 Å². The monoisotopic (exact) mass is 331 g/mol. The van der Waals surface area contributed by atoms with Crippen LogP contribution in [-0.4, -0.2) is 65.1 Å². The normalized spacial score (nSPS) is 30.9. The minimum Gasteiger partial charge on any atom is -0.394 e. The highest BCUT2D eigenvalue weighted by molar-refractivity contribution is 5.73. The Labute approximate surface area is 137 Å². The zero-order valence-corrected chi connectivity index (χ0v) is 13.7. The highest BCUT2D eigenvalue weighted by Crippen LogP contribution is 2.22. The van der Waals surface area contributed by atoms with Gasteiger partial charge in [0.15, 0.2) is 6.29 Å². The van der Waals surface area contributed by atoms with E-state index in [9.17, 15) is 20.1 Å². The van der Waals surface area contributed by atoms with Gasteiger partial charge in [0.2, 0.25) is 5.91 Å². The Hall–Kier alpha value is -0.990. The van der Waals surface area contributed by atoms with Gasteiger partial charge >= 0.3 is 0 Å². The second kappa shape index (κ2) is 10.7. The third-order valence-corrected chi connectivity index (χ3v) is 3.84. The first-order chi connectivity index (χ1) is 11.0. The SMILES string of the molecule is C=CCCCCCCO[C@@H]1OC(CO)[C@H](O)[C@H](O)C1NC(C)=O. The molecule has 0 radical (unpaired) electrons. The second-order valence-electron chi connectivity index (χ2n) is 5.80. The van der Waals surface area contributed by atoms with E-state index in [1.807, 2.05) is 6.08 Å². The van der Waals surface area contributed by atoms with Gasteiger partial charge in [-0.2, -0.15) is 0 Å². The van der Waals surface area contributed by atoms with Crippen molar-refractivity contribution in [2.75, 3.05) is 13.2 Å². The number of unbranched alkanes of at least 4 members (excludes halogenated alkanes) is 4. The molecule has 1 heterocycles. The lowest BCUT2D eigenvalue weighted by Crippen LogP contribution is -2.64. The van der Waals surface area contributed by atoms with Crippen LogP contribution in [-0.2, 0) is 14.3 Å². The number of hydrogen-bond donors (Lipinski definition) is 4. The second-order valence-corrected chi connectivity index (χ2v) is 5.80. The number of aliphatic hydroxyl groups is 3. The summed E-state index contributed by atoms with van der Waals surface area (Å²) in [5, 5.41) is 31.7. The Morgan fingerprint density at radius 3 is 2.57 bits per heavy atom. The van der Waals surface area contributed by atoms with E-state index >= 15 is 0 Å². The predicted octanol–water partition coefficient (Wildman–Crippen LogP) is 0.0832. The van der Waals surface area contributed by atoms with E-state index in [4.69, 9.17) is 9.47 Å². The molecule has 134 valence electrons. The first-order valence-corrected chi connectivity index (χ1v) is 8.13. The predicted molar refractivity (Wildman–Crippen MR) is 84.6 cm³/mol. The van der Waals surface area contributed by atoms with E-state index in [0.717, 1.165) is 32.1 Å². The molecule has 0 aliphatic carbocycles. The summed E-state index contributed by atoms with van der Waals surface area (Å²) in [5.41, 5.74) is 0. The number of carbonyl (C=O) groups excluding carboxylic acids is 1. The molecular formula is C16H29NO6. The maximum absolute atomic E-state index is 11.3. The van der Waals surface area contributed by atoms with Crippen molar-refractivity contribution < 1.29 is 29.6 Å². The van der Waals surface area contributed by atoms with Crippen molar-refractivity contribution in [1.29, 1.82) is 0 Å². The van der Waals surface area contributed by atoms with Crippen LogP contribution in [0.5, 0.6) is 0 Å². The van der Waals surface area contributed by atoms with Gasteiger partial charge in [0.1, 0.15) is 24.4 Å². The summed E-state index contributed by atoms with van der Waals surface area (Å²) < 4.78 is 11.1. The first kappa shape index (κ1) is 20.1. The molecule has 0 bridgehead atoms. The third kappa shape index (κ3) is 6.56. The summed E-state index contributed by atoms with van der Waals surface area (Å²) in [5.74, 6) is -0.356. The van der Waals surface area contributed by atoms with Crippen molar-refractivity contribution in [3.63, 3.8) is 0 Å². The number of aliphatic hydroxyl groups excluding tert-OH is 3. The highest BCUT2D eigenvalue weighted by Gasteiger charge is 2.45. The van der Waals surface area contributed by atoms with Gasteiger partial charge in [0.25, 0.3) is 0 Å². The van der Waals surface area contributed by atoms with Gasteiger partial charge in [-0.25, -0.2) is 0 Å². The summed E-state index contributed by atoms with van der Waals surface area (Å²) in [6.45, 7) is 4.96. The van der Waals surface area contributed by atoms with Crippen LogP contribution in [0.2, 0.25) is 0 Å². The molecule has 1 saturated heterocycles. The maximum Gasteiger partial charge on any atom is 0.217 e. The van der Waals surface area contributed by atoms with E-state index in [0.29, 0.717) is 6.61 Å². The summed E-state index contributed by atoms with van der Waals surface area (Å²) in [7, 11) is 0. The van der Waals surface area contributed by atoms with Crippen LogP contribution < -0.4 is 5.32 Å². The molecule has 0 aromatic carbocycles.